The van der Waals surface area contributed by atoms with Crippen LogP contribution < -0.4 is 11.1 Å². The number of ether oxygens (including phenoxy) is 1. The lowest BCUT2D eigenvalue weighted by Gasteiger charge is -2.13. The molecule has 0 spiro atoms. The van der Waals surface area contributed by atoms with E-state index in [1.165, 1.54) is 12.8 Å². The van der Waals surface area contributed by atoms with Crippen molar-refractivity contribution in [1.82, 2.24) is 9.97 Å². The number of aryl methyl sites for hydroxylation is 1. The summed E-state index contributed by atoms with van der Waals surface area (Å²) in [7, 11) is 0. The molecule has 2 heterocycles. The largest absolute Gasteiger partial charge is 0.383 e. The Labute approximate surface area is 115 Å². The van der Waals surface area contributed by atoms with Crippen molar-refractivity contribution >= 4 is 11.6 Å². The van der Waals surface area contributed by atoms with Gasteiger partial charge in [-0.15, -0.1) is 0 Å². The second kappa shape index (κ2) is 6.70. The Balaban J connectivity index is 1.93. The quantitative estimate of drug-likeness (QED) is 0.824. The highest BCUT2D eigenvalue weighted by atomic mass is 16.5. The third-order valence-corrected chi connectivity index (χ3v) is 3.49. The lowest BCUT2D eigenvalue weighted by Crippen LogP contribution is -2.15. The summed E-state index contributed by atoms with van der Waals surface area (Å²) in [5.74, 6) is 2.28. The molecule has 1 atom stereocenters. The van der Waals surface area contributed by atoms with Gasteiger partial charge >= 0.3 is 0 Å². The summed E-state index contributed by atoms with van der Waals surface area (Å²) in [6, 6.07) is 0. The molecular weight excluding hydrogens is 240 g/mol. The van der Waals surface area contributed by atoms with Gasteiger partial charge in [-0.05, 0) is 32.6 Å². The zero-order valence-corrected chi connectivity index (χ0v) is 11.9. The zero-order chi connectivity index (χ0) is 13.7. The van der Waals surface area contributed by atoms with Crippen LogP contribution in [0.3, 0.4) is 0 Å². The smallest absolute Gasteiger partial charge is 0.134 e. The van der Waals surface area contributed by atoms with Crippen LogP contribution in [0.25, 0.3) is 0 Å². The molecule has 0 saturated carbocycles. The number of rotatable bonds is 6. The minimum atomic E-state index is 0.405. The molecule has 0 radical (unpaired) electrons. The molecule has 3 N–H and O–H groups in total. The maximum absolute atomic E-state index is 5.93. The number of nitrogens with two attached hydrogens (primary N) is 1. The molecule has 19 heavy (non-hydrogen) atoms. The molecule has 1 saturated heterocycles. The number of nitrogen functional groups attached to an aromatic ring is 1. The average molecular weight is 264 g/mol. The highest BCUT2D eigenvalue weighted by Crippen LogP contribution is 2.19. The minimum Gasteiger partial charge on any atom is -0.383 e. The summed E-state index contributed by atoms with van der Waals surface area (Å²) in [5.41, 5.74) is 6.87. The van der Waals surface area contributed by atoms with Crippen LogP contribution in [0.2, 0.25) is 0 Å². The monoisotopic (exact) mass is 264 g/mol. The second-order valence-electron chi connectivity index (χ2n) is 5.10. The van der Waals surface area contributed by atoms with E-state index in [2.05, 4.69) is 22.2 Å². The first-order valence-corrected chi connectivity index (χ1v) is 7.19. The second-order valence-corrected chi connectivity index (χ2v) is 5.10. The van der Waals surface area contributed by atoms with Gasteiger partial charge in [-0.3, -0.25) is 0 Å². The molecule has 0 bridgehead atoms. The summed E-state index contributed by atoms with van der Waals surface area (Å²) in [5, 5.41) is 3.37. The van der Waals surface area contributed by atoms with Crippen molar-refractivity contribution < 1.29 is 4.74 Å². The molecular formula is C14H24N4O. The van der Waals surface area contributed by atoms with Gasteiger partial charge in [-0.2, -0.15) is 0 Å². The molecule has 0 aliphatic carbocycles. The van der Waals surface area contributed by atoms with Crippen molar-refractivity contribution in [3.8, 4) is 0 Å². The molecule has 1 fully saturated rings. The Bertz CT molecular complexity index is 416. The van der Waals surface area contributed by atoms with Gasteiger partial charge in [0.1, 0.15) is 17.5 Å². The fourth-order valence-corrected chi connectivity index (χ4v) is 2.31. The molecule has 106 valence electrons. The van der Waals surface area contributed by atoms with Gasteiger partial charge in [-0.1, -0.05) is 6.92 Å². The van der Waals surface area contributed by atoms with Gasteiger partial charge < -0.3 is 15.8 Å². The summed E-state index contributed by atoms with van der Waals surface area (Å²) in [6.07, 6.45) is 5.68. The van der Waals surface area contributed by atoms with Crippen LogP contribution in [0.4, 0.5) is 11.6 Å². The molecule has 0 amide bonds. The van der Waals surface area contributed by atoms with Crippen LogP contribution in [-0.4, -0.2) is 29.2 Å². The van der Waals surface area contributed by atoms with E-state index in [1.54, 1.807) is 0 Å². The van der Waals surface area contributed by atoms with Gasteiger partial charge in [0, 0.05) is 25.1 Å². The van der Waals surface area contributed by atoms with Crippen molar-refractivity contribution in [1.29, 1.82) is 0 Å². The lowest BCUT2D eigenvalue weighted by atomic mass is 10.2. The molecule has 1 aliphatic heterocycles. The van der Waals surface area contributed by atoms with Crippen LogP contribution in [-0.2, 0) is 11.2 Å². The maximum atomic E-state index is 5.93. The first kappa shape index (κ1) is 14.1. The first-order chi connectivity index (χ1) is 9.20. The van der Waals surface area contributed by atoms with Gasteiger partial charge in [0.2, 0.25) is 0 Å². The van der Waals surface area contributed by atoms with Crippen LogP contribution in [0.15, 0.2) is 0 Å². The van der Waals surface area contributed by atoms with Crippen molar-refractivity contribution in [2.24, 2.45) is 0 Å². The Hall–Kier alpha value is -1.36. The van der Waals surface area contributed by atoms with E-state index in [4.69, 9.17) is 10.5 Å². The summed E-state index contributed by atoms with van der Waals surface area (Å²) in [6.45, 7) is 5.85. The fraction of sp³-hybridized carbons (Fsp3) is 0.714. The van der Waals surface area contributed by atoms with Gasteiger partial charge in [0.05, 0.1) is 6.10 Å². The fourth-order valence-electron chi connectivity index (χ4n) is 2.31. The molecule has 0 aromatic carbocycles. The molecule has 5 nitrogen and oxygen atoms in total. The predicted octanol–water partition coefficient (Wildman–Crippen LogP) is 2.30. The number of nitrogens with one attached hydrogen (secondary N) is 1. The van der Waals surface area contributed by atoms with Crippen LogP contribution in [0.1, 0.15) is 44.0 Å². The predicted molar refractivity (Wildman–Crippen MR) is 77.3 cm³/mol. The minimum absolute atomic E-state index is 0.405. The maximum Gasteiger partial charge on any atom is 0.134 e. The normalized spacial score (nSPS) is 18.7. The average Bonchev–Trinajstić information content (AvgIpc) is 2.88. The molecule has 5 heteroatoms. The Morgan fingerprint density at radius 1 is 1.42 bits per heavy atom. The van der Waals surface area contributed by atoms with E-state index in [9.17, 15) is 0 Å². The number of hydrogen-bond acceptors (Lipinski definition) is 5. The van der Waals surface area contributed by atoms with Crippen LogP contribution in [0, 0.1) is 6.92 Å². The number of nitrogens with zero attached hydrogens (tertiary/aromatic N) is 2. The Kier molecular flexibility index (Phi) is 4.96. The van der Waals surface area contributed by atoms with E-state index >= 15 is 0 Å². The summed E-state index contributed by atoms with van der Waals surface area (Å²) >= 11 is 0. The van der Waals surface area contributed by atoms with Gasteiger partial charge in [0.25, 0.3) is 0 Å². The van der Waals surface area contributed by atoms with Crippen molar-refractivity contribution in [3.63, 3.8) is 0 Å². The van der Waals surface area contributed by atoms with E-state index in [0.717, 1.165) is 49.6 Å². The Morgan fingerprint density at radius 3 is 2.95 bits per heavy atom. The zero-order valence-electron chi connectivity index (χ0n) is 11.9. The third-order valence-electron chi connectivity index (χ3n) is 3.49. The number of hydrogen-bond donors (Lipinski definition) is 2. The van der Waals surface area contributed by atoms with Crippen LogP contribution >= 0.6 is 0 Å². The third kappa shape index (κ3) is 3.80. The molecule has 2 rings (SSSR count). The van der Waals surface area contributed by atoms with Gasteiger partial charge in [0.15, 0.2) is 0 Å². The van der Waals surface area contributed by atoms with E-state index in [-0.39, 0.29) is 0 Å². The van der Waals surface area contributed by atoms with Crippen molar-refractivity contribution in [3.05, 3.63) is 11.4 Å². The molecule has 1 aliphatic rings. The SMILES string of the molecule is CCCc1nc(N)c(C)c(NCCC2CCCO2)n1. The molecule has 1 aromatic rings. The molecule has 1 unspecified atom stereocenters. The van der Waals surface area contributed by atoms with E-state index < -0.39 is 0 Å². The topological polar surface area (TPSA) is 73.1 Å². The summed E-state index contributed by atoms with van der Waals surface area (Å²) in [4.78, 5) is 8.85. The number of anilines is 2. The highest BCUT2D eigenvalue weighted by Gasteiger charge is 2.15. The van der Waals surface area contributed by atoms with E-state index in [1.807, 2.05) is 6.92 Å². The molecule has 1 aromatic heterocycles. The lowest BCUT2D eigenvalue weighted by molar-refractivity contribution is 0.107. The van der Waals surface area contributed by atoms with Gasteiger partial charge in [-0.25, -0.2) is 9.97 Å². The highest BCUT2D eigenvalue weighted by molar-refractivity contribution is 5.54. The van der Waals surface area contributed by atoms with E-state index in [0.29, 0.717) is 11.9 Å². The van der Waals surface area contributed by atoms with Crippen molar-refractivity contribution in [2.45, 2.75) is 52.1 Å². The summed E-state index contributed by atoms with van der Waals surface area (Å²) < 4.78 is 5.61. The first-order valence-electron chi connectivity index (χ1n) is 7.19. The van der Waals surface area contributed by atoms with Crippen LogP contribution in [0.5, 0.6) is 0 Å². The Morgan fingerprint density at radius 2 is 2.26 bits per heavy atom. The van der Waals surface area contributed by atoms with Crippen molar-refractivity contribution in [2.75, 3.05) is 24.2 Å². The number of aromatic nitrogens is 2. The standard InChI is InChI=1S/C14H24N4O/c1-3-5-12-17-13(15)10(2)14(18-12)16-8-7-11-6-4-9-19-11/h11H,3-9H2,1-2H3,(H3,15,16,17,18).